The maximum atomic E-state index is 9.42. The Morgan fingerprint density at radius 2 is 1.38 bits per heavy atom. The number of guanidine groups is 2. The molecule has 0 spiro atoms. The average Bonchev–Trinajstić information content (AvgIpc) is 2.75. The van der Waals surface area contributed by atoms with Crippen molar-refractivity contribution in [2.75, 3.05) is 0 Å². The highest BCUT2D eigenvalue weighted by Gasteiger charge is 2.44. The first-order chi connectivity index (χ1) is 18.5. The number of aliphatic imine (C=N–C) groups is 1. The van der Waals surface area contributed by atoms with E-state index in [2.05, 4.69) is 88.5 Å². The standard InChI is InChI=1S/C32H64N8/c1-10-11-13-18-26(35-24-19-29(2,3)38-30(4,5)20-24)40(25-21-31(6,7)39-32(8,9)22-25)28(34)37-27(33)36-23-16-14-12-15-17-23/h23-26,35,38-39H,10-22H2,1-9H3,(H4,33,34,36,37). The smallest absolute Gasteiger partial charge is 0.222 e. The van der Waals surface area contributed by atoms with E-state index in [1.165, 1.54) is 32.1 Å². The van der Waals surface area contributed by atoms with Crippen molar-refractivity contribution in [3.05, 3.63) is 0 Å². The molecular weight excluding hydrogens is 496 g/mol. The van der Waals surface area contributed by atoms with E-state index in [0.717, 1.165) is 51.4 Å². The van der Waals surface area contributed by atoms with Crippen LogP contribution in [0.2, 0.25) is 0 Å². The monoisotopic (exact) mass is 561 g/mol. The van der Waals surface area contributed by atoms with Gasteiger partial charge in [-0.05, 0) is 100 Å². The average molecular weight is 561 g/mol. The molecule has 8 heteroatoms. The van der Waals surface area contributed by atoms with Crippen LogP contribution in [0.25, 0.3) is 0 Å². The number of hydrogen-bond acceptors (Lipinski definition) is 4. The highest BCUT2D eigenvalue weighted by Crippen LogP contribution is 2.35. The third-order valence-electron chi connectivity index (χ3n) is 9.03. The van der Waals surface area contributed by atoms with E-state index in [1.54, 1.807) is 0 Å². The number of piperidine rings is 2. The van der Waals surface area contributed by atoms with E-state index < -0.39 is 0 Å². The van der Waals surface area contributed by atoms with E-state index in [-0.39, 0.29) is 34.4 Å². The Balaban J connectivity index is 1.93. The predicted octanol–water partition coefficient (Wildman–Crippen LogP) is 5.57. The van der Waals surface area contributed by atoms with Crippen molar-refractivity contribution in [2.45, 2.75) is 192 Å². The molecule has 0 aromatic rings. The lowest BCUT2D eigenvalue weighted by atomic mass is 9.78. The second-order valence-electron chi connectivity index (χ2n) is 15.8. The molecule has 2 aliphatic heterocycles. The zero-order chi connectivity index (χ0) is 29.8. The molecule has 0 aromatic carbocycles. The molecule has 3 rings (SSSR count). The van der Waals surface area contributed by atoms with Crippen LogP contribution < -0.4 is 27.0 Å². The fourth-order valence-electron chi connectivity index (χ4n) is 8.30. The highest BCUT2D eigenvalue weighted by molar-refractivity contribution is 5.93. The number of nitrogens with two attached hydrogens (primary N) is 1. The molecular formula is C32H64N8. The second-order valence-corrected chi connectivity index (χ2v) is 15.8. The molecule has 7 N–H and O–H groups in total. The maximum absolute atomic E-state index is 9.42. The summed E-state index contributed by atoms with van der Waals surface area (Å²) in [4.78, 5) is 7.08. The van der Waals surface area contributed by atoms with Crippen LogP contribution in [0, 0.1) is 5.41 Å². The summed E-state index contributed by atoms with van der Waals surface area (Å²) in [5, 5.41) is 24.7. The maximum Gasteiger partial charge on any atom is 0.222 e. The summed E-state index contributed by atoms with van der Waals surface area (Å²) < 4.78 is 0. The Bertz CT molecular complexity index is 823. The van der Waals surface area contributed by atoms with Crippen LogP contribution in [-0.4, -0.2) is 63.3 Å². The fourth-order valence-corrected chi connectivity index (χ4v) is 8.30. The van der Waals surface area contributed by atoms with Gasteiger partial charge >= 0.3 is 0 Å². The van der Waals surface area contributed by atoms with E-state index in [9.17, 15) is 5.41 Å². The molecule has 0 amide bonds. The summed E-state index contributed by atoms with van der Waals surface area (Å²) in [6, 6.07) is 0.914. The Kier molecular flexibility index (Phi) is 11.0. The first-order valence-corrected chi connectivity index (χ1v) is 16.3. The van der Waals surface area contributed by atoms with Crippen molar-refractivity contribution in [1.29, 1.82) is 5.41 Å². The van der Waals surface area contributed by atoms with Gasteiger partial charge in [-0.25, -0.2) is 0 Å². The molecule has 0 aromatic heterocycles. The van der Waals surface area contributed by atoms with Gasteiger partial charge in [0.05, 0.1) is 6.17 Å². The van der Waals surface area contributed by atoms with Gasteiger partial charge in [0.25, 0.3) is 0 Å². The Hall–Kier alpha value is -1.38. The molecule has 3 fully saturated rings. The van der Waals surface area contributed by atoms with Gasteiger partial charge in [0.15, 0.2) is 5.96 Å². The lowest BCUT2D eigenvalue weighted by Crippen LogP contribution is -2.67. The van der Waals surface area contributed by atoms with Crippen molar-refractivity contribution >= 4 is 11.9 Å². The van der Waals surface area contributed by atoms with Crippen LogP contribution in [0.5, 0.6) is 0 Å². The Labute approximate surface area is 246 Å². The largest absolute Gasteiger partial charge is 0.370 e. The van der Waals surface area contributed by atoms with Gasteiger partial charge in [-0.1, -0.05) is 45.4 Å². The lowest BCUT2D eigenvalue weighted by molar-refractivity contribution is 0.0553. The summed E-state index contributed by atoms with van der Waals surface area (Å²) >= 11 is 0. The van der Waals surface area contributed by atoms with Gasteiger partial charge in [0.2, 0.25) is 5.96 Å². The van der Waals surface area contributed by atoms with Crippen LogP contribution in [0.1, 0.15) is 146 Å². The molecule has 40 heavy (non-hydrogen) atoms. The van der Waals surface area contributed by atoms with Gasteiger partial charge in [-0.15, -0.1) is 0 Å². The summed E-state index contributed by atoms with van der Waals surface area (Å²) in [6.07, 6.45) is 14.6. The molecule has 3 aliphatic rings. The minimum Gasteiger partial charge on any atom is -0.370 e. The fraction of sp³-hybridized carbons (Fsp3) is 0.938. The first-order valence-electron chi connectivity index (χ1n) is 16.3. The van der Waals surface area contributed by atoms with Crippen LogP contribution in [0.15, 0.2) is 4.99 Å². The van der Waals surface area contributed by atoms with Crippen molar-refractivity contribution in [1.82, 2.24) is 26.2 Å². The van der Waals surface area contributed by atoms with Crippen molar-refractivity contribution in [3.63, 3.8) is 0 Å². The molecule has 1 unspecified atom stereocenters. The van der Waals surface area contributed by atoms with Gasteiger partial charge in [-0.2, -0.15) is 4.99 Å². The quantitative estimate of drug-likeness (QED) is 0.0951. The SMILES string of the molecule is CCCCCC(NC1CC(C)(C)NC(C)(C)C1)N(C(=N)/N=C(\N)NC1CCCCC1)C1CC(C)(C)NC(C)(C)C1. The Morgan fingerprint density at radius 1 is 0.850 bits per heavy atom. The van der Waals surface area contributed by atoms with Crippen molar-refractivity contribution in [2.24, 2.45) is 10.7 Å². The molecule has 0 radical (unpaired) electrons. The minimum atomic E-state index is -0.0345. The number of unbranched alkanes of at least 4 members (excludes halogenated alkanes) is 2. The minimum absolute atomic E-state index is 0.0345. The molecule has 2 heterocycles. The van der Waals surface area contributed by atoms with Gasteiger partial charge < -0.3 is 26.6 Å². The van der Waals surface area contributed by atoms with Crippen molar-refractivity contribution < 1.29 is 0 Å². The summed E-state index contributed by atoms with van der Waals surface area (Å²) in [5.41, 5.74) is 6.52. The van der Waals surface area contributed by atoms with Gasteiger partial charge in [0.1, 0.15) is 0 Å². The molecule has 1 aliphatic carbocycles. The second kappa shape index (κ2) is 13.3. The van der Waals surface area contributed by atoms with Crippen LogP contribution in [0.3, 0.4) is 0 Å². The van der Waals surface area contributed by atoms with E-state index >= 15 is 0 Å². The normalized spacial score (nSPS) is 26.3. The zero-order valence-electron chi connectivity index (χ0n) is 27.5. The third-order valence-corrected chi connectivity index (χ3v) is 9.03. The number of nitrogens with one attached hydrogen (secondary N) is 5. The van der Waals surface area contributed by atoms with Crippen LogP contribution in [-0.2, 0) is 0 Å². The highest BCUT2D eigenvalue weighted by atomic mass is 15.4. The van der Waals surface area contributed by atoms with Gasteiger partial charge in [0, 0.05) is 40.3 Å². The lowest BCUT2D eigenvalue weighted by Gasteiger charge is -2.53. The van der Waals surface area contributed by atoms with Crippen molar-refractivity contribution in [3.8, 4) is 0 Å². The number of rotatable bonds is 9. The summed E-state index contributed by atoms with van der Waals surface area (Å²) in [6.45, 7) is 20.7. The number of nitrogens with zero attached hydrogens (tertiary/aromatic N) is 2. The predicted molar refractivity (Wildman–Crippen MR) is 171 cm³/mol. The van der Waals surface area contributed by atoms with Crippen LogP contribution >= 0.6 is 0 Å². The van der Waals surface area contributed by atoms with E-state index in [0.29, 0.717) is 24.0 Å². The zero-order valence-corrected chi connectivity index (χ0v) is 27.5. The first kappa shape index (κ1) is 33.1. The molecule has 8 nitrogen and oxygen atoms in total. The van der Waals surface area contributed by atoms with Crippen LogP contribution in [0.4, 0.5) is 0 Å². The molecule has 232 valence electrons. The summed E-state index contributed by atoms with van der Waals surface area (Å²) in [5.74, 6) is 0.687. The third kappa shape index (κ3) is 10.2. The molecule has 0 bridgehead atoms. The van der Waals surface area contributed by atoms with Gasteiger partial charge in [-0.3, -0.25) is 10.7 Å². The van der Waals surface area contributed by atoms with E-state index in [1.807, 2.05) is 0 Å². The molecule has 1 atom stereocenters. The molecule has 2 saturated heterocycles. The summed E-state index contributed by atoms with van der Waals surface area (Å²) in [7, 11) is 0. The topological polar surface area (TPSA) is 114 Å². The van der Waals surface area contributed by atoms with E-state index in [4.69, 9.17) is 10.7 Å². The Morgan fingerprint density at radius 3 is 1.90 bits per heavy atom. The number of hydrogen-bond donors (Lipinski definition) is 6. The molecule has 1 saturated carbocycles.